The molecule has 0 N–H and O–H groups in total. The molecule has 0 spiro atoms. The lowest BCUT2D eigenvalue weighted by Gasteiger charge is -2.30. The number of carbonyl (C=O) groups excluding carboxylic acids is 1. The van der Waals surface area contributed by atoms with Crippen molar-refractivity contribution in [3.8, 4) is 0 Å². The minimum atomic E-state index is -0.0811. The molecule has 0 saturated carbocycles. The van der Waals surface area contributed by atoms with Crippen molar-refractivity contribution in [1.29, 1.82) is 0 Å². The van der Waals surface area contributed by atoms with Crippen molar-refractivity contribution in [1.82, 2.24) is 4.90 Å². The van der Waals surface area contributed by atoms with E-state index in [-0.39, 0.29) is 11.9 Å². The molecule has 132 valence electrons. The number of allylic oxidation sites excluding steroid dienone is 5. The van der Waals surface area contributed by atoms with Gasteiger partial charge >= 0.3 is 0 Å². The molecule has 0 bridgehead atoms. The first kappa shape index (κ1) is 22.3. The fraction of sp³-hybridized carbons (Fsp3) is 0.368. The van der Waals surface area contributed by atoms with Crippen molar-refractivity contribution in [2.45, 2.75) is 32.7 Å². The van der Waals surface area contributed by atoms with Crippen LogP contribution in [-0.2, 0) is 9.53 Å². The maximum Gasteiger partial charge on any atom is 0.250 e. The Kier molecular flexibility index (Phi) is 13.8. The van der Waals surface area contributed by atoms with Gasteiger partial charge in [0.05, 0.1) is 0 Å². The van der Waals surface area contributed by atoms with Crippen LogP contribution < -0.4 is 0 Å². The van der Waals surface area contributed by atoms with E-state index in [4.69, 9.17) is 4.74 Å². The Morgan fingerprint density at radius 2 is 1.92 bits per heavy atom. The molecule has 0 unspecified atom stereocenters. The zero-order valence-corrected chi connectivity index (χ0v) is 16.1. The van der Waals surface area contributed by atoms with E-state index in [1.54, 1.807) is 17.2 Å². The van der Waals surface area contributed by atoms with Gasteiger partial charge in [-0.3, -0.25) is 9.79 Å². The van der Waals surface area contributed by atoms with E-state index in [1.165, 1.54) is 18.5 Å². The van der Waals surface area contributed by atoms with Gasteiger partial charge in [-0.2, -0.15) is 0 Å². The van der Waals surface area contributed by atoms with Crippen LogP contribution in [0.2, 0.25) is 0 Å². The van der Waals surface area contributed by atoms with Gasteiger partial charge < -0.3 is 9.64 Å². The summed E-state index contributed by atoms with van der Waals surface area (Å²) in [5.74, 6) is -0.0811. The number of rotatable bonds is 6. The summed E-state index contributed by atoms with van der Waals surface area (Å²) in [5.41, 5.74) is 0. The van der Waals surface area contributed by atoms with Gasteiger partial charge in [0.25, 0.3) is 5.91 Å². The lowest BCUT2D eigenvalue weighted by molar-refractivity contribution is -0.126. The van der Waals surface area contributed by atoms with Crippen molar-refractivity contribution >= 4 is 28.1 Å². The summed E-state index contributed by atoms with van der Waals surface area (Å²) in [5, 5.41) is 0. The molecule has 0 radical (unpaired) electrons. The Hall–Kier alpha value is -1.72. The lowest BCUT2D eigenvalue weighted by atomic mass is 10.1. The molecule has 1 rings (SSSR count). The number of hydrogen-bond acceptors (Lipinski definition) is 3. The summed E-state index contributed by atoms with van der Waals surface area (Å²) in [6.07, 6.45) is 15.3. The van der Waals surface area contributed by atoms with Crippen LogP contribution in [-0.4, -0.2) is 36.3 Å². The van der Waals surface area contributed by atoms with Gasteiger partial charge in [0, 0.05) is 48.4 Å². The highest BCUT2D eigenvalue weighted by Crippen LogP contribution is 2.15. The van der Waals surface area contributed by atoms with E-state index in [0.29, 0.717) is 13.2 Å². The number of ether oxygens (including phenoxy) is 1. The predicted octanol–water partition coefficient (Wildman–Crippen LogP) is 4.77. The van der Waals surface area contributed by atoms with E-state index in [0.717, 1.165) is 17.3 Å². The maximum absolute atomic E-state index is 11.9. The number of hydrogen-bond donors (Lipinski definition) is 0. The third kappa shape index (κ3) is 10.1. The van der Waals surface area contributed by atoms with E-state index in [1.807, 2.05) is 32.1 Å². The van der Waals surface area contributed by atoms with Gasteiger partial charge in [0.2, 0.25) is 0 Å². The molecule has 24 heavy (non-hydrogen) atoms. The first-order valence-electron chi connectivity index (χ1n) is 7.88. The molecule has 1 saturated heterocycles. The highest BCUT2D eigenvalue weighted by Gasteiger charge is 2.22. The molecule has 1 aliphatic heterocycles. The summed E-state index contributed by atoms with van der Waals surface area (Å²) in [6, 6.07) is 0.190. The van der Waals surface area contributed by atoms with Gasteiger partial charge in [-0.05, 0) is 32.8 Å². The van der Waals surface area contributed by atoms with Crippen molar-refractivity contribution in [2.24, 2.45) is 4.99 Å². The Morgan fingerprint density at radius 1 is 1.25 bits per heavy atom. The number of halogens is 1. The molecule has 0 atom stereocenters. The van der Waals surface area contributed by atoms with Crippen molar-refractivity contribution in [3.05, 3.63) is 60.4 Å². The van der Waals surface area contributed by atoms with E-state index < -0.39 is 0 Å². The summed E-state index contributed by atoms with van der Waals surface area (Å²) < 4.78 is 6.40. The summed E-state index contributed by atoms with van der Waals surface area (Å²) in [6.45, 7) is 12.5. The highest BCUT2D eigenvalue weighted by atomic mass is 79.9. The third-order valence-corrected chi connectivity index (χ3v) is 3.88. The average Bonchev–Trinajstić information content (AvgIpc) is 2.61. The van der Waals surface area contributed by atoms with Gasteiger partial charge in [0.1, 0.15) is 0 Å². The monoisotopic (exact) mass is 394 g/mol. The van der Waals surface area contributed by atoms with E-state index in [2.05, 4.69) is 34.1 Å². The molecule has 1 heterocycles. The Labute approximate surface area is 154 Å². The normalized spacial score (nSPS) is 16.2. The van der Waals surface area contributed by atoms with Crippen LogP contribution in [0.3, 0.4) is 0 Å². The van der Waals surface area contributed by atoms with Gasteiger partial charge in [-0.15, -0.1) is 0 Å². The molecule has 0 aromatic heterocycles. The number of amides is 1. The van der Waals surface area contributed by atoms with Crippen molar-refractivity contribution in [2.75, 3.05) is 13.2 Å². The Balaban J connectivity index is 0.000000640. The molecular weight excluding hydrogens is 368 g/mol. The molecule has 1 fully saturated rings. The van der Waals surface area contributed by atoms with Gasteiger partial charge in [-0.1, -0.05) is 47.3 Å². The molecule has 5 heteroatoms. The van der Waals surface area contributed by atoms with E-state index in [9.17, 15) is 4.79 Å². The van der Waals surface area contributed by atoms with E-state index >= 15 is 0 Å². The molecule has 0 aliphatic carbocycles. The minimum absolute atomic E-state index is 0.0811. The van der Waals surface area contributed by atoms with Crippen molar-refractivity contribution < 1.29 is 9.53 Å². The molecular formula is C19H27BrN2O2. The third-order valence-electron chi connectivity index (χ3n) is 3.15. The smallest absolute Gasteiger partial charge is 0.250 e. The number of aliphatic imine (C=N–C) groups is 1. The largest absolute Gasteiger partial charge is 0.381 e. The molecule has 1 aliphatic rings. The van der Waals surface area contributed by atoms with Crippen LogP contribution in [0, 0.1) is 0 Å². The standard InChI is InChI=1S/C13H18N2O2.C6H9Br/c1-3-14-9-5-6-13(16)15(4-2)12-7-10-17-11-8-12;1-3-5-6(7)4-2/h3-6,9,12H,1-2,7-8,10-11H2;3-5H,1-2H3/b6-5+,14-9?;5-3+,6-4+. The van der Waals surface area contributed by atoms with Crippen LogP contribution in [0.1, 0.15) is 26.7 Å². The number of carbonyl (C=O) groups is 1. The lowest BCUT2D eigenvalue weighted by Crippen LogP contribution is -2.38. The van der Waals surface area contributed by atoms with Crippen LogP contribution >= 0.6 is 15.9 Å². The average molecular weight is 395 g/mol. The number of nitrogens with zero attached hydrogens (tertiary/aromatic N) is 2. The van der Waals surface area contributed by atoms with Crippen LogP contribution in [0.15, 0.2) is 65.4 Å². The topological polar surface area (TPSA) is 41.9 Å². The summed E-state index contributed by atoms with van der Waals surface area (Å²) in [7, 11) is 0. The van der Waals surface area contributed by atoms with Crippen LogP contribution in [0.25, 0.3) is 0 Å². The second kappa shape index (κ2) is 14.8. The van der Waals surface area contributed by atoms with Gasteiger partial charge in [0.15, 0.2) is 0 Å². The SMILES string of the molecule is C/C=C/C(Br)=C\C.C=CN=C/C=C/C(=O)N(C=C)C1CCOCC1. The fourth-order valence-corrected chi connectivity index (χ4v) is 2.22. The van der Waals surface area contributed by atoms with Crippen LogP contribution in [0.4, 0.5) is 0 Å². The first-order valence-corrected chi connectivity index (χ1v) is 8.67. The molecule has 1 amide bonds. The zero-order valence-electron chi connectivity index (χ0n) is 14.5. The Morgan fingerprint density at radius 3 is 2.38 bits per heavy atom. The second-order valence-corrected chi connectivity index (χ2v) is 5.70. The summed E-state index contributed by atoms with van der Waals surface area (Å²) in [4.78, 5) is 17.3. The molecule has 0 aromatic carbocycles. The maximum atomic E-state index is 11.9. The second-order valence-electron chi connectivity index (χ2n) is 4.79. The van der Waals surface area contributed by atoms with Gasteiger partial charge in [-0.25, -0.2) is 0 Å². The molecule has 0 aromatic rings. The van der Waals surface area contributed by atoms with Crippen molar-refractivity contribution in [3.63, 3.8) is 0 Å². The first-order chi connectivity index (χ1) is 11.6. The minimum Gasteiger partial charge on any atom is -0.381 e. The fourth-order valence-electron chi connectivity index (χ4n) is 1.96. The predicted molar refractivity (Wildman–Crippen MR) is 106 cm³/mol. The zero-order chi connectivity index (χ0) is 18.2. The Bertz CT molecular complexity index is 501. The summed E-state index contributed by atoms with van der Waals surface area (Å²) >= 11 is 3.31. The highest BCUT2D eigenvalue weighted by molar-refractivity contribution is 9.11. The van der Waals surface area contributed by atoms with Crippen LogP contribution in [0.5, 0.6) is 0 Å². The molecule has 4 nitrogen and oxygen atoms in total. The quantitative estimate of drug-likeness (QED) is 0.369.